The second-order valence-corrected chi connectivity index (χ2v) is 23.4. The molecule has 0 bridgehead atoms. The molecular formula is C76H132O6. The van der Waals surface area contributed by atoms with Crippen LogP contribution in [0.4, 0.5) is 0 Å². The lowest BCUT2D eigenvalue weighted by molar-refractivity contribution is -0.167. The maximum atomic E-state index is 12.9. The summed E-state index contributed by atoms with van der Waals surface area (Å²) in [4.78, 5) is 38.4. The fourth-order valence-electron chi connectivity index (χ4n) is 10.1. The minimum Gasteiger partial charge on any atom is -0.462 e. The van der Waals surface area contributed by atoms with Gasteiger partial charge in [-0.15, -0.1) is 0 Å². The molecule has 0 aromatic rings. The molecule has 6 heteroatoms. The first kappa shape index (κ1) is 78.3. The van der Waals surface area contributed by atoms with Crippen molar-refractivity contribution < 1.29 is 28.6 Å². The van der Waals surface area contributed by atoms with E-state index in [1.165, 1.54) is 186 Å². The highest BCUT2D eigenvalue weighted by Crippen LogP contribution is 2.18. The molecule has 0 aliphatic carbocycles. The smallest absolute Gasteiger partial charge is 0.306 e. The van der Waals surface area contributed by atoms with E-state index in [1.54, 1.807) is 0 Å². The molecular weight excluding hydrogens is 1010 g/mol. The average Bonchev–Trinajstić information content (AvgIpc) is 3.47. The van der Waals surface area contributed by atoms with E-state index in [4.69, 9.17) is 14.2 Å². The van der Waals surface area contributed by atoms with E-state index in [2.05, 4.69) is 118 Å². The Bertz CT molecular complexity index is 1590. The number of hydrogen-bond acceptors (Lipinski definition) is 6. The highest BCUT2D eigenvalue weighted by Gasteiger charge is 2.19. The molecule has 0 spiro atoms. The molecule has 0 amide bonds. The second-order valence-electron chi connectivity index (χ2n) is 23.4. The van der Waals surface area contributed by atoms with Gasteiger partial charge in [-0.1, -0.05) is 343 Å². The number of hydrogen-bond donors (Lipinski definition) is 0. The molecule has 0 rings (SSSR count). The lowest BCUT2D eigenvalue weighted by atomic mass is 10.0. The van der Waals surface area contributed by atoms with Gasteiger partial charge in [0.05, 0.1) is 0 Å². The van der Waals surface area contributed by atoms with Crippen LogP contribution >= 0.6 is 0 Å². The molecule has 0 aliphatic heterocycles. The number of ether oxygens (including phenoxy) is 3. The van der Waals surface area contributed by atoms with Crippen LogP contribution in [0.5, 0.6) is 0 Å². The fraction of sp³-hybridized carbons (Fsp3) is 0.750. The molecule has 1 unspecified atom stereocenters. The van der Waals surface area contributed by atoms with Crippen molar-refractivity contribution in [2.45, 2.75) is 354 Å². The summed E-state index contributed by atoms with van der Waals surface area (Å²) in [7, 11) is 0. The summed E-state index contributed by atoms with van der Waals surface area (Å²) in [6.07, 6.45) is 94.2. The van der Waals surface area contributed by atoms with Crippen molar-refractivity contribution in [1.82, 2.24) is 0 Å². The summed E-state index contributed by atoms with van der Waals surface area (Å²) in [6.45, 7) is 6.57. The van der Waals surface area contributed by atoms with Gasteiger partial charge in [-0.3, -0.25) is 14.4 Å². The number of rotatable bonds is 64. The van der Waals surface area contributed by atoms with Gasteiger partial charge in [0.15, 0.2) is 6.10 Å². The SMILES string of the molecule is CC/C=C\C/C=C\C/C=C\C/C=C\C/C=C\C/C=C\C/C=C\C/C=C\CCCCCCCCC(=O)OCC(COC(=O)CCCCCCCCCCCCCCCC)OC(=O)CCCCCCCCCCCCCCCCCCCCC. The first-order valence-corrected chi connectivity index (χ1v) is 35.2. The van der Waals surface area contributed by atoms with Gasteiger partial charge in [-0.2, -0.15) is 0 Å². The van der Waals surface area contributed by atoms with Gasteiger partial charge in [0.1, 0.15) is 13.2 Å². The van der Waals surface area contributed by atoms with Gasteiger partial charge in [-0.25, -0.2) is 0 Å². The number of carbonyl (C=O) groups is 3. The third-order valence-electron chi connectivity index (χ3n) is 15.4. The number of unbranched alkanes of at least 4 members (excludes halogenated alkanes) is 37. The van der Waals surface area contributed by atoms with E-state index in [0.29, 0.717) is 19.3 Å². The summed E-state index contributed by atoms with van der Waals surface area (Å²) in [5.74, 6) is -0.872. The number of allylic oxidation sites excluding steroid dienone is 16. The molecule has 0 saturated carbocycles. The van der Waals surface area contributed by atoms with Crippen molar-refractivity contribution in [2.24, 2.45) is 0 Å². The van der Waals surface area contributed by atoms with Crippen molar-refractivity contribution in [3.63, 3.8) is 0 Å². The zero-order valence-corrected chi connectivity index (χ0v) is 54.2. The van der Waals surface area contributed by atoms with E-state index in [-0.39, 0.29) is 31.1 Å². The lowest BCUT2D eigenvalue weighted by Crippen LogP contribution is -2.30. The third kappa shape index (κ3) is 67.1. The van der Waals surface area contributed by atoms with Gasteiger partial charge in [0, 0.05) is 19.3 Å². The Morgan fingerprint density at radius 2 is 0.476 bits per heavy atom. The number of esters is 3. The van der Waals surface area contributed by atoms with Crippen molar-refractivity contribution in [2.75, 3.05) is 13.2 Å². The molecule has 6 nitrogen and oxygen atoms in total. The van der Waals surface area contributed by atoms with Crippen LogP contribution in [0.3, 0.4) is 0 Å². The predicted molar refractivity (Wildman–Crippen MR) is 357 cm³/mol. The molecule has 0 radical (unpaired) electrons. The van der Waals surface area contributed by atoms with Crippen molar-refractivity contribution in [3.8, 4) is 0 Å². The molecule has 1 atom stereocenters. The first-order chi connectivity index (χ1) is 40.5. The van der Waals surface area contributed by atoms with Gasteiger partial charge in [-0.05, 0) is 83.5 Å². The van der Waals surface area contributed by atoms with E-state index in [9.17, 15) is 14.4 Å². The Morgan fingerprint density at radius 3 is 0.744 bits per heavy atom. The van der Waals surface area contributed by atoms with Crippen molar-refractivity contribution in [1.29, 1.82) is 0 Å². The Hall–Kier alpha value is -3.67. The fourth-order valence-corrected chi connectivity index (χ4v) is 10.1. The minimum absolute atomic E-state index is 0.0768. The van der Waals surface area contributed by atoms with Gasteiger partial charge >= 0.3 is 17.9 Å². The summed E-state index contributed by atoms with van der Waals surface area (Å²) >= 11 is 0. The van der Waals surface area contributed by atoms with Crippen LogP contribution in [-0.2, 0) is 28.6 Å². The molecule has 0 aliphatic rings. The summed E-state index contributed by atoms with van der Waals surface area (Å²) in [5, 5.41) is 0. The molecule has 0 fully saturated rings. The minimum atomic E-state index is -0.782. The highest BCUT2D eigenvalue weighted by molar-refractivity contribution is 5.71. The normalized spacial score (nSPS) is 12.7. The van der Waals surface area contributed by atoms with E-state index in [1.807, 2.05) is 0 Å². The Labute approximate surface area is 508 Å². The van der Waals surface area contributed by atoms with Gasteiger partial charge < -0.3 is 14.2 Å². The van der Waals surface area contributed by atoms with E-state index < -0.39 is 6.10 Å². The maximum absolute atomic E-state index is 12.9. The molecule has 0 aromatic heterocycles. The summed E-state index contributed by atoms with van der Waals surface area (Å²) in [5.41, 5.74) is 0. The van der Waals surface area contributed by atoms with Crippen LogP contribution in [-0.4, -0.2) is 37.2 Å². The molecule has 472 valence electrons. The Balaban J connectivity index is 4.32. The highest BCUT2D eigenvalue weighted by atomic mass is 16.6. The summed E-state index contributed by atoms with van der Waals surface area (Å²) < 4.78 is 17.0. The van der Waals surface area contributed by atoms with Crippen LogP contribution in [0.1, 0.15) is 348 Å². The van der Waals surface area contributed by atoms with Gasteiger partial charge in [0.25, 0.3) is 0 Å². The molecule has 0 heterocycles. The second kappa shape index (κ2) is 69.8. The lowest BCUT2D eigenvalue weighted by Gasteiger charge is -2.18. The summed E-state index contributed by atoms with van der Waals surface area (Å²) in [6, 6.07) is 0. The molecule has 0 saturated heterocycles. The quantitative estimate of drug-likeness (QED) is 0.0261. The largest absolute Gasteiger partial charge is 0.462 e. The first-order valence-electron chi connectivity index (χ1n) is 35.2. The van der Waals surface area contributed by atoms with Crippen molar-refractivity contribution in [3.05, 3.63) is 97.2 Å². The zero-order chi connectivity index (χ0) is 59.2. The van der Waals surface area contributed by atoms with Crippen LogP contribution in [0, 0.1) is 0 Å². The van der Waals surface area contributed by atoms with E-state index in [0.717, 1.165) is 122 Å². The molecule has 0 aromatic carbocycles. The zero-order valence-electron chi connectivity index (χ0n) is 54.2. The van der Waals surface area contributed by atoms with Crippen molar-refractivity contribution >= 4 is 17.9 Å². The van der Waals surface area contributed by atoms with E-state index >= 15 is 0 Å². The standard InChI is InChI=1S/C76H132O6/c1-4-7-10-13-16-19-22-25-28-30-32-33-34-35-36-37-38-39-40-41-42-43-45-46-48-51-54-57-60-63-66-69-75(78)81-72-73(71-80-74(77)68-65-62-59-56-53-50-27-24-21-18-15-12-9-6-3)82-76(79)70-67-64-61-58-55-52-49-47-44-31-29-26-23-20-17-14-11-8-5-2/h7,10,16,19,25,28,32-33,35-36,38-39,41-42,45-46,73H,4-6,8-9,11-15,17-18,20-24,26-27,29-31,34,37,40,43-44,47-72H2,1-3H3/b10-7-,19-16-,28-25-,33-32-,36-35-,39-38-,42-41-,46-45-. The predicted octanol–water partition coefficient (Wildman–Crippen LogP) is 24.4. The van der Waals surface area contributed by atoms with Crippen LogP contribution < -0.4 is 0 Å². The Morgan fingerprint density at radius 1 is 0.256 bits per heavy atom. The number of carbonyl (C=O) groups excluding carboxylic acids is 3. The third-order valence-corrected chi connectivity index (χ3v) is 15.4. The monoisotopic (exact) mass is 1140 g/mol. The van der Waals surface area contributed by atoms with Gasteiger partial charge in [0.2, 0.25) is 0 Å². The molecule has 0 N–H and O–H groups in total. The average molecular weight is 1140 g/mol. The maximum Gasteiger partial charge on any atom is 0.306 e. The Kier molecular flexibility index (Phi) is 66.7. The molecule has 82 heavy (non-hydrogen) atoms. The van der Waals surface area contributed by atoms with Crippen LogP contribution in [0.25, 0.3) is 0 Å². The van der Waals surface area contributed by atoms with Crippen LogP contribution in [0.2, 0.25) is 0 Å². The van der Waals surface area contributed by atoms with Crippen LogP contribution in [0.15, 0.2) is 97.2 Å². The topological polar surface area (TPSA) is 78.9 Å².